The molecule has 7 nitrogen and oxygen atoms in total. The van der Waals surface area contributed by atoms with Crippen LogP contribution in [0.2, 0.25) is 5.02 Å². The molecule has 2 saturated heterocycles. The lowest BCUT2D eigenvalue weighted by Gasteiger charge is -2.58. The van der Waals surface area contributed by atoms with Crippen molar-refractivity contribution in [1.82, 2.24) is 14.2 Å². The first kappa shape index (κ1) is 19.8. The fourth-order valence-electron chi connectivity index (χ4n) is 3.80. The molecule has 2 fully saturated rings. The van der Waals surface area contributed by atoms with Crippen molar-refractivity contribution in [3.05, 3.63) is 47.7 Å². The van der Waals surface area contributed by atoms with Gasteiger partial charge in [0.05, 0.1) is 9.92 Å². The predicted molar refractivity (Wildman–Crippen MR) is 102 cm³/mol. The van der Waals surface area contributed by atoms with E-state index in [1.807, 2.05) is 6.07 Å². The van der Waals surface area contributed by atoms with Gasteiger partial charge in [-0.1, -0.05) is 29.8 Å². The van der Waals surface area contributed by atoms with Crippen molar-refractivity contribution < 1.29 is 18.3 Å². The van der Waals surface area contributed by atoms with Gasteiger partial charge in [0.15, 0.2) is 0 Å². The van der Waals surface area contributed by atoms with Crippen LogP contribution in [0.1, 0.15) is 0 Å². The first-order valence-corrected chi connectivity index (χ1v) is 10.1. The van der Waals surface area contributed by atoms with Gasteiger partial charge in [0, 0.05) is 55.1 Å². The highest BCUT2D eigenvalue weighted by Crippen LogP contribution is 2.42. The third kappa shape index (κ3) is 3.84. The van der Waals surface area contributed by atoms with Crippen molar-refractivity contribution in [2.75, 3.05) is 33.2 Å². The number of carboxylic acid groups (broad SMARTS) is 1. The third-order valence-electron chi connectivity index (χ3n) is 4.75. The van der Waals surface area contributed by atoms with Crippen LogP contribution in [0.4, 0.5) is 0 Å². The Balaban J connectivity index is 0.000000659. The van der Waals surface area contributed by atoms with Gasteiger partial charge in [0.1, 0.15) is 0 Å². The summed E-state index contributed by atoms with van der Waals surface area (Å²) in [6.45, 7) is 2.89. The smallest absolute Gasteiger partial charge is 0.290 e. The predicted octanol–water partition coefficient (Wildman–Crippen LogP) is 2.04. The van der Waals surface area contributed by atoms with E-state index in [2.05, 4.69) is 16.9 Å². The highest BCUT2D eigenvalue weighted by Gasteiger charge is 2.54. The van der Waals surface area contributed by atoms with Gasteiger partial charge in [0.25, 0.3) is 6.47 Å². The lowest BCUT2D eigenvalue weighted by atomic mass is 9.75. The van der Waals surface area contributed by atoms with Crippen molar-refractivity contribution in [1.29, 1.82) is 0 Å². The molecule has 0 aliphatic carbocycles. The number of likely N-dealkylation sites (tertiary alicyclic amines) is 1. The van der Waals surface area contributed by atoms with E-state index in [-0.39, 0.29) is 11.9 Å². The van der Waals surface area contributed by atoms with Crippen molar-refractivity contribution >= 4 is 28.1 Å². The van der Waals surface area contributed by atoms with Crippen LogP contribution in [0.25, 0.3) is 11.1 Å². The minimum absolute atomic E-state index is 0.161. The largest absolute Gasteiger partial charge is 0.483 e. The zero-order valence-corrected chi connectivity index (χ0v) is 16.3. The van der Waals surface area contributed by atoms with Crippen molar-refractivity contribution in [3.8, 4) is 11.1 Å². The summed E-state index contributed by atoms with van der Waals surface area (Å²) < 4.78 is 27.7. The normalized spacial score (nSPS) is 18.7. The lowest BCUT2D eigenvalue weighted by Crippen LogP contribution is -2.71. The molecule has 27 heavy (non-hydrogen) atoms. The Morgan fingerprint density at radius 1 is 1.19 bits per heavy atom. The minimum Gasteiger partial charge on any atom is -0.483 e. The van der Waals surface area contributed by atoms with E-state index in [9.17, 15) is 8.42 Å². The molecule has 1 spiro atoms. The number of halogens is 1. The number of carbonyl (C=O) groups is 1. The van der Waals surface area contributed by atoms with E-state index >= 15 is 0 Å². The molecule has 0 atom stereocenters. The molecule has 1 aromatic carbocycles. The van der Waals surface area contributed by atoms with Crippen LogP contribution in [0.15, 0.2) is 47.6 Å². The molecule has 2 aromatic rings. The van der Waals surface area contributed by atoms with E-state index in [1.54, 1.807) is 34.8 Å². The zero-order chi connectivity index (χ0) is 19.7. The molecule has 9 heteroatoms. The number of rotatable bonds is 3. The maximum Gasteiger partial charge on any atom is 0.290 e. The highest BCUT2D eigenvalue weighted by molar-refractivity contribution is 7.89. The number of aromatic nitrogens is 1. The van der Waals surface area contributed by atoms with E-state index < -0.39 is 10.0 Å². The standard InChI is InChI=1S/C17H18ClN3O2S.CH2O2/c1-20-9-17(10-20)11-21(12-17)24(22,23)16-5-3-2-4-15(16)13-6-14(18)8-19-7-13;2-1-3/h2-8H,9-12H2,1H3;1H,(H,2,3). The molecular weight excluding hydrogens is 390 g/mol. The van der Waals surface area contributed by atoms with Crippen LogP contribution in [0, 0.1) is 5.41 Å². The molecular formula is C18H20ClN3O4S. The fraction of sp³-hybridized carbons (Fsp3) is 0.333. The third-order valence-corrected chi connectivity index (χ3v) is 6.81. The second kappa shape index (κ2) is 7.55. The number of pyridine rings is 1. The van der Waals surface area contributed by atoms with Gasteiger partial charge >= 0.3 is 0 Å². The minimum atomic E-state index is -3.51. The van der Waals surface area contributed by atoms with E-state index in [0.29, 0.717) is 34.1 Å². The molecule has 0 saturated carbocycles. The number of benzene rings is 1. The molecule has 2 aliphatic rings. The summed E-state index contributed by atoms with van der Waals surface area (Å²) in [5.74, 6) is 0. The summed E-state index contributed by atoms with van der Waals surface area (Å²) in [5, 5.41) is 7.38. The lowest BCUT2D eigenvalue weighted by molar-refractivity contribution is -0.122. The maximum atomic E-state index is 13.1. The van der Waals surface area contributed by atoms with Gasteiger partial charge in [-0.25, -0.2) is 8.42 Å². The van der Waals surface area contributed by atoms with E-state index in [4.69, 9.17) is 21.5 Å². The maximum absolute atomic E-state index is 13.1. The molecule has 0 radical (unpaired) electrons. The molecule has 1 N–H and O–H groups in total. The van der Waals surface area contributed by atoms with Gasteiger partial charge in [0.2, 0.25) is 10.0 Å². The Morgan fingerprint density at radius 3 is 2.41 bits per heavy atom. The van der Waals surface area contributed by atoms with Crippen LogP contribution in [-0.4, -0.2) is 67.4 Å². The number of hydrogen-bond acceptors (Lipinski definition) is 5. The van der Waals surface area contributed by atoms with Crippen molar-refractivity contribution in [2.45, 2.75) is 4.90 Å². The molecule has 144 valence electrons. The van der Waals surface area contributed by atoms with Gasteiger partial charge in [-0.3, -0.25) is 9.78 Å². The van der Waals surface area contributed by atoms with E-state index in [1.165, 1.54) is 6.20 Å². The second-order valence-electron chi connectivity index (χ2n) is 6.94. The molecule has 4 rings (SSSR count). The van der Waals surface area contributed by atoms with Crippen molar-refractivity contribution in [2.24, 2.45) is 5.41 Å². The van der Waals surface area contributed by atoms with Crippen LogP contribution < -0.4 is 0 Å². The van der Waals surface area contributed by atoms with Crippen LogP contribution >= 0.6 is 11.6 Å². The van der Waals surface area contributed by atoms with E-state index in [0.717, 1.165) is 13.1 Å². The molecule has 0 amide bonds. The van der Waals surface area contributed by atoms with Gasteiger partial charge in [-0.15, -0.1) is 0 Å². The average Bonchev–Trinajstić information content (AvgIpc) is 2.57. The Labute approximate surface area is 163 Å². The Morgan fingerprint density at radius 2 is 1.81 bits per heavy atom. The molecule has 1 aromatic heterocycles. The Bertz CT molecular complexity index is 937. The Kier molecular flexibility index (Phi) is 5.53. The zero-order valence-electron chi connectivity index (χ0n) is 14.7. The summed E-state index contributed by atoms with van der Waals surface area (Å²) in [6.07, 6.45) is 3.17. The summed E-state index contributed by atoms with van der Waals surface area (Å²) in [6, 6.07) is 8.77. The monoisotopic (exact) mass is 409 g/mol. The Hall–Kier alpha value is -2.00. The fourth-order valence-corrected chi connectivity index (χ4v) is 5.85. The highest BCUT2D eigenvalue weighted by atomic mass is 35.5. The number of sulfonamides is 1. The SMILES string of the molecule is CN1CC2(C1)CN(S(=O)(=O)c1ccccc1-c1cncc(Cl)c1)C2.O=CO. The summed E-state index contributed by atoms with van der Waals surface area (Å²) >= 11 is 6.01. The summed E-state index contributed by atoms with van der Waals surface area (Å²) in [4.78, 5) is 15.0. The molecule has 0 unspecified atom stereocenters. The topological polar surface area (TPSA) is 90.8 Å². The summed E-state index contributed by atoms with van der Waals surface area (Å²) in [7, 11) is -1.46. The van der Waals surface area contributed by atoms with Crippen LogP contribution in [0.5, 0.6) is 0 Å². The first-order valence-electron chi connectivity index (χ1n) is 8.28. The quantitative estimate of drug-likeness (QED) is 0.780. The van der Waals surface area contributed by atoms with Crippen LogP contribution in [-0.2, 0) is 14.8 Å². The molecule has 3 heterocycles. The van der Waals surface area contributed by atoms with Gasteiger partial charge < -0.3 is 10.0 Å². The van der Waals surface area contributed by atoms with Gasteiger partial charge in [-0.05, 0) is 19.2 Å². The molecule has 0 bridgehead atoms. The summed E-state index contributed by atoms with van der Waals surface area (Å²) in [5.41, 5.74) is 1.51. The molecule has 2 aliphatic heterocycles. The first-order chi connectivity index (χ1) is 12.8. The second-order valence-corrected chi connectivity index (χ2v) is 9.28. The number of nitrogens with zero attached hydrogens (tertiary/aromatic N) is 3. The van der Waals surface area contributed by atoms with Crippen molar-refractivity contribution in [3.63, 3.8) is 0 Å². The average molecular weight is 410 g/mol. The van der Waals surface area contributed by atoms with Crippen LogP contribution in [0.3, 0.4) is 0 Å². The van der Waals surface area contributed by atoms with Gasteiger partial charge in [-0.2, -0.15) is 4.31 Å². The number of hydrogen-bond donors (Lipinski definition) is 1.